The SMILES string of the molecule is CC1(C)CC(N)CC(C)(C)N1C(=O)C[N+](=O)[O-]. The van der Waals surface area contributed by atoms with Gasteiger partial charge in [-0.15, -0.1) is 0 Å². The summed E-state index contributed by atoms with van der Waals surface area (Å²) in [6.07, 6.45) is 1.33. The summed E-state index contributed by atoms with van der Waals surface area (Å²) < 4.78 is 0. The van der Waals surface area contributed by atoms with Crippen LogP contribution in [0.2, 0.25) is 0 Å². The molecule has 0 unspecified atom stereocenters. The van der Waals surface area contributed by atoms with Crippen LogP contribution in [0.25, 0.3) is 0 Å². The van der Waals surface area contributed by atoms with Crippen LogP contribution in [0.1, 0.15) is 40.5 Å². The molecule has 17 heavy (non-hydrogen) atoms. The van der Waals surface area contributed by atoms with E-state index in [0.717, 1.165) is 0 Å². The standard InChI is InChI=1S/C11H21N3O3/c1-10(2)5-8(12)6-11(3,4)14(10)9(15)7-13(16)17/h8H,5-7,12H2,1-4H3. The van der Waals surface area contributed by atoms with Gasteiger partial charge in [0.15, 0.2) is 0 Å². The predicted molar refractivity (Wildman–Crippen MR) is 64.1 cm³/mol. The number of likely N-dealkylation sites (tertiary alicyclic amines) is 1. The number of nitrogens with zero attached hydrogens (tertiary/aromatic N) is 2. The van der Waals surface area contributed by atoms with Crippen molar-refractivity contribution in [3.63, 3.8) is 0 Å². The molecule has 6 nitrogen and oxygen atoms in total. The van der Waals surface area contributed by atoms with Crippen molar-refractivity contribution in [3.8, 4) is 0 Å². The van der Waals surface area contributed by atoms with Crippen LogP contribution in [0.3, 0.4) is 0 Å². The normalized spacial score (nSPS) is 23.5. The second-order valence-corrected chi connectivity index (χ2v) is 6.01. The molecule has 0 radical (unpaired) electrons. The van der Waals surface area contributed by atoms with E-state index >= 15 is 0 Å². The number of rotatable bonds is 2. The molecule has 1 amide bonds. The highest BCUT2D eigenvalue weighted by atomic mass is 16.6. The Hall–Kier alpha value is -1.17. The van der Waals surface area contributed by atoms with E-state index < -0.39 is 28.5 Å². The smallest absolute Gasteiger partial charge is 0.295 e. The molecular weight excluding hydrogens is 222 g/mol. The maximum atomic E-state index is 12.0. The monoisotopic (exact) mass is 243 g/mol. The van der Waals surface area contributed by atoms with Gasteiger partial charge in [0.2, 0.25) is 0 Å². The average molecular weight is 243 g/mol. The van der Waals surface area contributed by atoms with Gasteiger partial charge in [-0.25, -0.2) is 0 Å². The van der Waals surface area contributed by atoms with Crippen molar-refractivity contribution < 1.29 is 9.72 Å². The zero-order chi connectivity index (χ0) is 13.4. The Morgan fingerprint density at radius 3 is 2.12 bits per heavy atom. The molecule has 0 bridgehead atoms. The van der Waals surface area contributed by atoms with Crippen LogP contribution in [0.15, 0.2) is 0 Å². The third kappa shape index (κ3) is 2.94. The van der Waals surface area contributed by atoms with Crippen LogP contribution >= 0.6 is 0 Å². The quantitative estimate of drug-likeness (QED) is 0.573. The van der Waals surface area contributed by atoms with Crippen LogP contribution < -0.4 is 5.73 Å². The highest BCUT2D eigenvalue weighted by Gasteiger charge is 2.47. The lowest BCUT2D eigenvalue weighted by Gasteiger charge is -2.54. The lowest BCUT2D eigenvalue weighted by Crippen LogP contribution is -2.66. The van der Waals surface area contributed by atoms with E-state index in [-0.39, 0.29) is 6.04 Å². The molecule has 1 fully saturated rings. The summed E-state index contributed by atoms with van der Waals surface area (Å²) in [5.74, 6) is -0.433. The van der Waals surface area contributed by atoms with Crippen molar-refractivity contribution in [2.24, 2.45) is 5.73 Å². The van der Waals surface area contributed by atoms with Gasteiger partial charge < -0.3 is 10.6 Å². The maximum Gasteiger partial charge on any atom is 0.295 e. The Morgan fingerprint density at radius 2 is 1.76 bits per heavy atom. The van der Waals surface area contributed by atoms with Crippen LogP contribution in [0, 0.1) is 10.1 Å². The highest BCUT2D eigenvalue weighted by molar-refractivity contribution is 5.79. The summed E-state index contributed by atoms with van der Waals surface area (Å²) in [6.45, 7) is 6.98. The summed E-state index contributed by atoms with van der Waals surface area (Å²) >= 11 is 0. The molecule has 0 aromatic carbocycles. The van der Waals surface area contributed by atoms with Gasteiger partial charge in [-0.05, 0) is 40.5 Å². The minimum absolute atomic E-state index is 0.0275. The summed E-state index contributed by atoms with van der Waals surface area (Å²) in [6, 6.07) is 0.0275. The van der Waals surface area contributed by atoms with Gasteiger partial charge in [0.25, 0.3) is 12.5 Å². The van der Waals surface area contributed by atoms with E-state index in [1.54, 1.807) is 4.90 Å². The number of nitro groups is 1. The molecule has 0 aliphatic carbocycles. The first-order valence-corrected chi connectivity index (χ1v) is 5.77. The van der Waals surface area contributed by atoms with Crippen molar-refractivity contribution in [3.05, 3.63) is 10.1 Å². The lowest BCUT2D eigenvalue weighted by molar-refractivity contribution is -0.469. The van der Waals surface area contributed by atoms with Gasteiger partial charge in [-0.2, -0.15) is 0 Å². The molecule has 1 rings (SSSR count). The van der Waals surface area contributed by atoms with Gasteiger partial charge in [0.05, 0.1) is 0 Å². The van der Waals surface area contributed by atoms with Gasteiger partial charge in [-0.1, -0.05) is 0 Å². The fourth-order valence-corrected chi connectivity index (χ4v) is 3.21. The van der Waals surface area contributed by atoms with Crippen LogP contribution in [0.4, 0.5) is 0 Å². The fraction of sp³-hybridized carbons (Fsp3) is 0.909. The first-order valence-electron chi connectivity index (χ1n) is 5.77. The number of hydrogen-bond acceptors (Lipinski definition) is 4. The van der Waals surface area contributed by atoms with E-state index in [1.165, 1.54) is 0 Å². The molecule has 1 aliphatic rings. The third-order valence-corrected chi connectivity index (χ3v) is 3.25. The average Bonchev–Trinajstić information content (AvgIpc) is 1.93. The fourth-order valence-electron chi connectivity index (χ4n) is 3.21. The van der Waals surface area contributed by atoms with E-state index in [9.17, 15) is 14.9 Å². The van der Waals surface area contributed by atoms with Crippen molar-refractivity contribution in [1.82, 2.24) is 4.90 Å². The second-order valence-electron chi connectivity index (χ2n) is 6.01. The first kappa shape index (κ1) is 13.9. The van der Waals surface area contributed by atoms with Gasteiger partial charge >= 0.3 is 0 Å². The number of amides is 1. The number of carbonyl (C=O) groups is 1. The topological polar surface area (TPSA) is 89.5 Å². The molecule has 0 spiro atoms. The highest BCUT2D eigenvalue weighted by Crippen LogP contribution is 2.37. The van der Waals surface area contributed by atoms with Crippen molar-refractivity contribution >= 4 is 5.91 Å². The van der Waals surface area contributed by atoms with Gasteiger partial charge in [0.1, 0.15) is 0 Å². The molecule has 98 valence electrons. The van der Waals surface area contributed by atoms with Gasteiger partial charge in [0, 0.05) is 22.0 Å². The van der Waals surface area contributed by atoms with Crippen LogP contribution in [-0.4, -0.2) is 39.4 Å². The second kappa shape index (κ2) is 4.25. The zero-order valence-corrected chi connectivity index (χ0v) is 10.9. The van der Waals surface area contributed by atoms with E-state index in [4.69, 9.17) is 5.73 Å². The van der Waals surface area contributed by atoms with E-state index in [0.29, 0.717) is 12.8 Å². The number of carbonyl (C=O) groups excluding carboxylic acids is 1. The Morgan fingerprint density at radius 1 is 1.35 bits per heavy atom. The summed E-state index contributed by atoms with van der Waals surface area (Å²) in [7, 11) is 0. The third-order valence-electron chi connectivity index (χ3n) is 3.25. The van der Waals surface area contributed by atoms with Gasteiger partial charge in [-0.3, -0.25) is 14.9 Å². The summed E-state index contributed by atoms with van der Waals surface area (Å²) in [5.41, 5.74) is 5.11. The van der Waals surface area contributed by atoms with E-state index in [1.807, 2.05) is 27.7 Å². The summed E-state index contributed by atoms with van der Waals surface area (Å²) in [5, 5.41) is 10.5. The summed E-state index contributed by atoms with van der Waals surface area (Å²) in [4.78, 5) is 23.5. The van der Waals surface area contributed by atoms with Crippen molar-refractivity contribution in [2.45, 2.75) is 57.7 Å². The molecule has 2 N–H and O–H groups in total. The Kier molecular flexibility index (Phi) is 3.47. The Labute approximate surface area is 101 Å². The first-order chi connectivity index (χ1) is 7.56. The van der Waals surface area contributed by atoms with E-state index in [2.05, 4.69) is 0 Å². The largest absolute Gasteiger partial charge is 0.328 e. The zero-order valence-electron chi connectivity index (χ0n) is 10.9. The minimum atomic E-state index is -0.651. The molecule has 1 aliphatic heterocycles. The number of piperidine rings is 1. The van der Waals surface area contributed by atoms with Crippen molar-refractivity contribution in [1.29, 1.82) is 0 Å². The molecule has 1 heterocycles. The molecule has 0 aromatic heterocycles. The molecule has 6 heteroatoms. The number of hydrogen-bond donors (Lipinski definition) is 1. The van der Waals surface area contributed by atoms with Crippen LogP contribution in [0.5, 0.6) is 0 Å². The molecule has 0 saturated carbocycles. The number of nitrogens with two attached hydrogens (primary N) is 1. The molecular formula is C11H21N3O3. The van der Waals surface area contributed by atoms with Crippen molar-refractivity contribution in [2.75, 3.05) is 6.54 Å². The molecule has 0 aromatic rings. The lowest BCUT2D eigenvalue weighted by atomic mass is 9.77. The maximum absolute atomic E-state index is 12.0. The molecule has 1 saturated heterocycles. The Bertz CT molecular complexity index is 321. The minimum Gasteiger partial charge on any atom is -0.328 e. The predicted octanol–water partition coefficient (Wildman–Crippen LogP) is 0.770. The van der Waals surface area contributed by atoms with Crippen LogP contribution in [-0.2, 0) is 4.79 Å². The Balaban J connectivity index is 3.00. The molecule has 0 atom stereocenters.